The average molecular weight is 445 g/mol. The summed E-state index contributed by atoms with van der Waals surface area (Å²) in [6.07, 6.45) is 2.16. The summed E-state index contributed by atoms with van der Waals surface area (Å²) in [6, 6.07) is 14.1. The molecule has 0 saturated carbocycles. The third-order valence-electron chi connectivity index (χ3n) is 6.19. The lowest BCUT2D eigenvalue weighted by molar-refractivity contribution is 0.0884. The minimum atomic E-state index is -1.95. The second-order valence-electron chi connectivity index (χ2n) is 8.89. The van der Waals surface area contributed by atoms with Crippen LogP contribution in [0.5, 0.6) is 0 Å². The van der Waals surface area contributed by atoms with Crippen LogP contribution in [0, 0.1) is 0 Å². The molecular formula is C24H33ClN2O2Si. The normalized spacial score (nSPS) is 12.5. The summed E-state index contributed by atoms with van der Waals surface area (Å²) < 4.78 is 13.9. The summed E-state index contributed by atoms with van der Waals surface area (Å²) in [7, 11) is -1.95. The van der Waals surface area contributed by atoms with Crippen molar-refractivity contribution in [1.82, 2.24) is 9.39 Å². The number of ether oxygens (including phenoxy) is 1. The predicted octanol–water partition coefficient (Wildman–Crippen LogP) is 7.54. The van der Waals surface area contributed by atoms with Crippen LogP contribution in [0.25, 0.3) is 11.4 Å². The first-order chi connectivity index (χ1) is 14.3. The molecule has 0 spiro atoms. The van der Waals surface area contributed by atoms with Crippen molar-refractivity contribution in [3.63, 3.8) is 0 Å². The maximum Gasteiger partial charge on any atom is 0.169 e. The molecule has 0 unspecified atom stereocenters. The third kappa shape index (κ3) is 4.29. The van der Waals surface area contributed by atoms with E-state index in [-0.39, 0.29) is 0 Å². The minimum Gasteiger partial charge on any atom is -0.371 e. The Morgan fingerprint density at radius 1 is 0.967 bits per heavy atom. The Bertz CT molecular complexity index is 926. The Morgan fingerprint density at radius 2 is 1.60 bits per heavy atom. The average Bonchev–Trinajstić information content (AvgIpc) is 3.29. The molecule has 0 saturated heterocycles. The predicted molar refractivity (Wildman–Crippen MR) is 126 cm³/mol. The van der Waals surface area contributed by atoms with Gasteiger partial charge in [0.1, 0.15) is 12.3 Å². The molecule has 0 radical (unpaired) electrons. The third-order valence-corrected chi connectivity index (χ3v) is 13.2. The van der Waals surface area contributed by atoms with Gasteiger partial charge in [0.15, 0.2) is 14.0 Å². The molecule has 30 heavy (non-hydrogen) atoms. The molecule has 3 aromatic rings. The second-order valence-corrected chi connectivity index (χ2v) is 15.0. The molecule has 2 aromatic heterocycles. The molecule has 0 amide bonds. The molecule has 0 N–H and O–H groups in total. The van der Waals surface area contributed by atoms with E-state index in [0.29, 0.717) is 35.6 Å². The molecule has 0 fully saturated rings. The van der Waals surface area contributed by atoms with E-state index in [9.17, 15) is 0 Å². The van der Waals surface area contributed by atoms with Crippen LogP contribution in [0.2, 0.25) is 21.6 Å². The van der Waals surface area contributed by atoms with Crippen molar-refractivity contribution in [2.75, 3.05) is 0 Å². The molecule has 6 heteroatoms. The van der Waals surface area contributed by atoms with Gasteiger partial charge in [0.05, 0.1) is 17.3 Å². The van der Waals surface area contributed by atoms with Crippen molar-refractivity contribution in [2.24, 2.45) is 0 Å². The zero-order chi connectivity index (χ0) is 21.9. The van der Waals surface area contributed by atoms with Gasteiger partial charge in [-0.25, -0.2) is 0 Å². The second kappa shape index (κ2) is 9.54. The topological polar surface area (TPSA) is 40.2 Å². The summed E-state index contributed by atoms with van der Waals surface area (Å²) in [6.45, 7) is 15.0. The van der Waals surface area contributed by atoms with E-state index < -0.39 is 8.24 Å². The Morgan fingerprint density at radius 3 is 2.20 bits per heavy atom. The fourth-order valence-corrected chi connectivity index (χ4v) is 12.1. The minimum absolute atomic E-state index is 0.376. The number of nitrogens with zero attached hydrogens (tertiary/aromatic N) is 2. The molecule has 0 bridgehead atoms. The van der Waals surface area contributed by atoms with Crippen LogP contribution in [0.15, 0.2) is 53.2 Å². The molecule has 2 heterocycles. The molecule has 4 nitrogen and oxygen atoms in total. The van der Waals surface area contributed by atoms with Crippen LogP contribution in [0.3, 0.4) is 0 Å². The molecule has 0 atom stereocenters. The summed E-state index contributed by atoms with van der Waals surface area (Å²) in [5.41, 5.74) is 4.55. The van der Waals surface area contributed by atoms with Gasteiger partial charge >= 0.3 is 0 Å². The standard InChI is InChI=1S/C24H33ClN2O2Si/c1-17(2)30(18(3)4,19(5)6)27-13-12-22(25)24(27)23-14-21(29-26-23)16-28-15-20-10-8-7-9-11-20/h7-14,17-19H,15-16H2,1-6H3. The fraction of sp³-hybridized carbons (Fsp3) is 0.458. The van der Waals surface area contributed by atoms with Gasteiger partial charge < -0.3 is 13.5 Å². The summed E-state index contributed by atoms with van der Waals surface area (Å²) in [4.78, 5) is 0. The van der Waals surface area contributed by atoms with Gasteiger partial charge in [-0.1, -0.05) is 88.6 Å². The van der Waals surface area contributed by atoms with Crippen molar-refractivity contribution >= 4 is 19.8 Å². The van der Waals surface area contributed by atoms with Crippen molar-refractivity contribution in [1.29, 1.82) is 0 Å². The summed E-state index contributed by atoms with van der Waals surface area (Å²) in [5.74, 6) is 0.704. The Kier molecular flexibility index (Phi) is 7.27. The van der Waals surface area contributed by atoms with Crippen LogP contribution in [-0.2, 0) is 18.0 Å². The lowest BCUT2D eigenvalue weighted by Gasteiger charge is -2.45. The van der Waals surface area contributed by atoms with Gasteiger partial charge in [-0.2, -0.15) is 0 Å². The lowest BCUT2D eigenvalue weighted by Crippen LogP contribution is -2.52. The molecule has 0 aliphatic carbocycles. The lowest BCUT2D eigenvalue weighted by atomic mass is 10.2. The monoisotopic (exact) mass is 444 g/mol. The van der Waals surface area contributed by atoms with Gasteiger partial charge in [-0.3, -0.25) is 0 Å². The smallest absolute Gasteiger partial charge is 0.169 e. The van der Waals surface area contributed by atoms with Gasteiger partial charge in [-0.05, 0) is 34.5 Å². The molecule has 3 rings (SSSR count). The molecule has 1 aromatic carbocycles. The van der Waals surface area contributed by atoms with E-state index in [1.807, 2.05) is 42.5 Å². The number of aromatic nitrogens is 2. The van der Waals surface area contributed by atoms with Gasteiger partial charge in [0, 0.05) is 6.07 Å². The fourth-order valence-electron chi connectivity index (χ4n) is 5.15. The Labute approximate surface area is 186 Å². The maximum atomic E-state index is 6.68. The number of halogens is 1. The van der Waals surface area contributed by atoms with E-state index in [1.165, 1.54) is 0 Å². The zero-order valence-corrected chi connectivity index (χ0v) is 20.6. The van der Waals surface area contributed by atoms with Crippen molar-refractivity contribution in [3.05, 3.63) is 65.0 Å². The van der Waals surface area contributed by atoms with E-state index in [4.69, 9.17) is 20.9 Å². The van der Waals surface area contributed by atoms with Crippen LogP contribution < -0.4 is 0 Å². The number of benzene rings is 1. The highest BCUT2D eigenvalue weighted by Crippen LogP contribution is 2.46. The molecular weight excluding hydrogens is 412 g/mol. The maximum absolute atomic E-state index is 6.68. The number of hydrogen-bond acceptors (Lipinski definition) is 3. The highest BCUT2D eigenvalue weighted by molar-refractivity contribution is 6.82. The van der Waals surface area contributed by atoms with E-state index in [2.05, 4.69) is 57.1 Å². The largest absolute Gasteiger partial charge is 0.371 e. The highest BCUT2D eigenvalue weighted by atomic mass is 35.5. The van der Waals surface area contributed by atoms with Gasteiger partial charge in [0.2, 0.25) is 0 Å². The SMILES string of the molecule is CC(C)[Si](C(C)C)(C(C)C)n1ccc(Cl)c1-c1cc(COCc2ccccc2)on1. The Balaban J connectivity index is 1.88. The van der Waals surface area contributed by atoms with Crippen molar-refractivity contribution in [2.45, 2.75) is 71.4 Å². The first-order valence-electron chi connectivity index (χ1n) is 10.7. The van der Waals surface area contributed by atoms with Crippen molar-refractivity contribution in [3.8, 4) is 11.4 Å². The van der Waals surface area contributed by atoms with E-state index in [1.54, 1.807) is 0 Å². The first kappa shape index (κ1) is 22.9. The zero-order valence-electron chi connectivity index (χ0n) is 18.9. The van der Waals surface area contributed by atoms with Gasteiger partial charge in [0.25, 0.3) is 0 Å². The first-order valence-corrected chi connectivity index (χ1v) is 13.3. The molecule has 162 valence electrons. The number of rotatable bonds is 9. The quantitative estimate of drug-likeness (QED) is 0.320. The van der Waals surface area contributed by atoms with Gasteiger partial charge in [-0.15, -0.1) is 0 Å². The summed E-state index contributed by atoms with van der Waals surface area (Å²) in [5, 5.41) is 5.08. The van der Waals surface area contributed by atoms with Crippen LogP contribution in [-0.4, -0.2) is 17.6 Å². The highest BCUT2D eigenvalue weighted by Gasteiger charge is 2.46. The van der Waals surface area contributed by atoms with Crippen molar-refractivity contribution < 1.29 is 9.26 Å². The molecule has 0 aliphatic heterocycles. The van der Waals surface area contributed by atoms with Crippen LogP contribution in [0.1, 0.15) is 52.9 Å². The van der Waals surface area contributed by atoms with E-state index in [0.717, 1.165) is 22.0 Å². The van der Waals surface area contributed by atoms with E-state index >= 15 is 0 Å². The molecule has 0 aliphatic rings. The number of hydrogen-bond donors (Lipinski definition) is 0. The van der Waals surface area contributed by atoms with Crippen LogP contribution >= 0.6 is 11.6 Å². The Hall–Kier alpha value is -1.82. The summed E-state index contributed by atoms with van der Waals surface area (Å²) >= 11 is 6.68. The van der Waals surface area contributed by atoms with Crippen LogP contribution in [0.4, 0.5) is 0 Å².